The molecule has 0 bridgehead atoms. The van der Waals surface area contributed by atoms with Gasteiger partial charge in [-0.25, -0.2) is 4.39 Å². The van der Waals surface area contributed by atoms with Crippen molar-refractivity contribution in [1.29, 1.82) is 5.26 Å². The highest BCUT2D eigenvalue weighted by atomic mass is 19.1. The number of nitrogens with zero attached hydrogens (tertiary/aromatic N) is 1. The van der Waals surface area contributed by atoms with E-state index < -0.39 is 5.97 Å². The summed E-state index contributed by atoms with van der Waals surface area (Å²) < 4.78 is 17.5. The van der Waals surface area contributed by atoms with E-state index in [2.05, 4.69) is 0 Å². The number of benzene rings is 1. The first-order valence-electron chi connectivity index (χ1n) is 4.91. The van der Waals surface area contributed by atoms with Crippen LogP contribution in [0.25, 0.3) is 0 Å². The van der Waals surface area contributed by atoms with Gasteiger partial charge < -0.3 is 4.74 Å². The molecule has 0 aromatic heterocycles. The summed E-state index contributed by atoms with van der Waals surface area (Å²) in [6, 6.07) is 7.67. The molecule has 0 spiro atoms. The molecule has 1 atom stereocenters. The van der Waals surface area contributed by atoms with Gasteiger partial charge in [-0.05, 0) is 24.6 Å². The third-order valence-electron chi connectivity index (χ3n) is 2.01. The summed E-state index contributed by atoms with van der Waals surface area (Å²) in [5.41, 5.74) is 0.722. The van der Waals surface area contributed by atoms with E-state index in [1.54, 1.807) is 19.1 Å². The zero-order valence-corrected chi connectivity index (χ0v) is 8.94. The third kappa shape index (κ3) is 4.09. The molecule has 1 rings (SSSR count). The first kappa shape index (κ1) is 12.2. The predicted molar refractivity (Wildman–Crippen MR) is 55.6 cm³/mol. The number of ether oxygens (including phenoxy) is 1. The molecule has 3 nitrogen and oxygen atoms in total. The molecule has 0 aliphatic carbocycles. The van der Waals surface area contributed by atoms with E-state index in [4.69, 9.17) is 10.00 Å². The molecule has 0 fully saturated rings. The van der Waals surface area contributed by atoms with Gasteiger partial charge in [0.25, 0.3) is 0 Å². The van der Waals surface area contributed by atoms with E-state index in [0.717, 1.165) is 5.56 Å². The fraction of sp³-hybridized carbons (Fsp3) is 0.333. The van der Waals surface area contributed by atoms with Gasteiger partial charge in [0.1, 0.15) is 12.4 Å². The van der Waals surface area contributed by atoms with Gasteiger partial charge in [0.2, 0.25) is 0 Å². The Bertz CT molecular complexity index is 394. The molecule has 4 heteroatoms. The van der Waals surface area contributed by atoms with Crippen molar-refractivity contribution < 1.29 is 13.9 Å². The zero-order valence-electron chi connectivity index (χ0n) is 8.94. The van der Waals surface area contributed by atoms with E-state index in [9.17, 15) is 9.18 Å². The highest BCUT2D eigenvalue weighted by Crippen LogP contribution is 2.07. The normalized spacial score (nSPS) is 11.6. The van der Waals surface area contributed by atoms with Crippen molar-refractivity contribution >= 4 is 5.97 Å². The first-order valence-corrected chi connectivity index (χ1v) is 4.91. The maximum Gasteiger partial charge on any atom is 0.307 e. The molecule has 0 aliphatic heterocycles. The van der Waals surface area contributed by atoms with Gasteiger partial charge in [0.05, 0.1) is 18.4 Å². The lowest BCUT2D eigenvalue weighted by atomic mass is 10.1. The molecular formula is C12H12FNO2. The van der Waals surface area contributed by atoms with Crippen molar-refractivity contribution in [2.75, 3.05) is 0 Å². The average Bonchev–Trinajstić information content (AvgIpc) is 2.28. The lowest BCUT2D eigenvalue weighted by molar-refractivity contribution is -0.145. The Labute approximate surface area is 93.5 Å². The highest BCUT2D eigenvalue weighted by Gasteiger charge is 2.09. The maximum atomic E-state index is 12.6. The Hall–Kier alpha value is -1.89. The summed E-state index contributed by atoms with van der Waals surface area (Å²) in [4.78, 5) is 11.2. The Morgan fingerprint density at radius 2 is 2.12 bits per heavy atom. The molecule has 1 aromatic rings. The SMILES string of the molecule is CC(C#N)CC(=O)OCc1ccc(F)cc1. The Balaban J connectivity index is 2.38. The van der Waals surface area contributed by atoms with Crippen molar-refractivity contribution in [3.05, 3.63) is 35.6 Å². The van der Waals surface area contributed by atoms with Crippen LogP contribution in [-0.2, 0) is 16.1 Å². The van der Waals surface area contributed by atoms with Crippen molar-refractivity contribution in [2.24, 2.45) is 5.92 Å². The van der Waals surface area contributed by atoms with Crippen LogP contribution in [0.4, 0.5) is 4.39 Å². The van der Waals surface area contributed by atoms with Crippen LogP contribution >= 0.6 is 0 Å². The summed E-state index contributed by atoms with van der Waals surface area (Å²) in [6.07, 6.45) is 0.0810. The number of rotatable bonds is 4. The maximum absolute atomic E-state index is 12.6. The Morgan fingerprint density at radius 1 is 1.50 bits per heavy atom. The molecule has 0 saturated heterocycles. The fourth-order valence-electron chi connectivity index (χ4n) is 1.10. The van der Waals surface area contributed by atoms with Crippen LogP contribution in [0.15, 0.2) is 24.3 Å². The predicted octanol–water partition coefficient (Wildman–Crippen LogP) is 2.42. The number of nitriles is 1. The molecule has 0 aliphatic rings. The second-order valence-corrected chi connectivity index (χ2v) is 3.52. The van der Waals surface area contributed by atoms with E-state index in [1.165, 1.54) is 12.1 Å². The number of carbonyl (C=O) groups is 1. The van der Waals surface area contributed by atoms with Gasteiger partial charge in [0.15, 0.2) is 0 Å². The molecule has 84 valence electrons. The number of hydrogen-bond donors (Lipinski definition) is 0. The smallest absolute Gasteiger partial charge is 0.307 e. The quantitative estimate of drug-likeness (QED) is 0.733. The molecule has 0 heterocycles. The van der Waals surface area contributed by atoms with Gasteiger partial charge in [-0.2, -0.15) is 5.26 Å². The summed E-state index contributed by atoms with van der Waals surface area (Å²) in [7, 11) is 0. The van der Waals surface area contributed by atoms with Crippen LogP contribution < -0.4 is 0 Å². The molecule has 0 saturated carbocycles. The molecular weight excluding hydrogens is 209 g/mol. The average molecular weight is 221 g/mol. The lowest BCUT2D eigenvalue weighted by Crippen LogP contribution is -2.08. The van der Waals surface area contributed by atoms with E-state index in [1.807, 2.05) is 6.07 Å². The molecule has 0 radical (unpaired) electrons. The fourth-order valence-corrected chi connectivity index (χ4v) is 1.10. The second kappa shape index (κ2) is 5.86. The van der Waals surface area contributed by atoms with Crippen LogP contribution in [0.2, 0.25) is 0 Å². The van der Waals surface area contributed by atoms with Crippen LogP contribution in [0, 0.1) is 23.1 Å². The van der Waals surface area contributed by atoms with Crippen LogP contribution in [0.3, 0.4) is 0 Å². The van der Waals surface area contributed by atoms with Crippen LogP contribution in [0.1, 0.15) is 18.9 Å². The zero-order chi connectivity index (χ0) is 12.0. The van der Waals surface area contributed by atoms with Gasteiger partial charge in [-0.15, -0.1) is 0 Å². The summed E-state index contributed by atoms with van der Waals surface area (Å²) in [6.45, 7) is 1.76. The summed E-state index contributed by atoms with van der Waals surface area (Å²) >= 11 is 0. The van der Waals surface area contributed by atoms with E-state index in [-0.39, 0.29) is 24.8 Å². The van der Waals surface area contributed by atoms with Crippen molar-refractivity contribution in [3.63, 3.8) is 0 Å². The van der Waals surface area contributed by atoms with Crippen molar-refractivity contribution in [2.45, 2.75) is 20.0 Å². The van der Waals surface area contributed by atoms with Gasteiger partial charge in [-0.3, -0.25) is 4.79 Å². The standard InChI is InChI=1S/C12H12FNO2/c1-9(7-14)6-12(15)16-8-10-2-4-11(13)5-3-10/h2-5,9H,6,8H2,1H3. The van der Waals surface area contributed by atoms with Crippen LogP contribution in [-0.4, -0.2) is 5.97 Å². The highest BCUT2D eigenvalue weighted by molar-refractivity contribution is 5.70. The largest absolute Gasteiger partial charge is 0.461 e. The van der Waals surface area contributed by atoms with Gasteiger partial charge in [0, 0.05) is 0 Å². The second-order valence-electron chi connectivity index (χ2n) is 3.52. The molecule has 16 heavy (non-hydrogen) atoms. The minimum Gasteiger partial charge on any atom is -0.461 e. The number of esters is 1. The van der Waals surface area contributed by atoms with Crippen molar-refractivity contribution in [3.8, 4) is 6.07 Å². The van der Waals surface area contributed by atoms with Gasteiger partial charge >= 0.3 is 5.97 Å². The van der Waals surface area contributed by atoms with Crippen molar-refractivity contribution in [1.82, 2.24) is 0 Å². The summed E-state index contributed by atoms with van der Waals surface area (Å²) in [5, 5.41) is 8.50. The minimum atomic E-state index is -0.418. The third-order valence-corrected chi connectivity index (χ3v) is 2.01. The minimum absolute atomic E-state index is 0.0810. The van der Waals surface area contributed by atoms with Crippen LogP contribution in [0.5, 0.6) is 0 Å². The van der Waals surface area contributed by atoms with Gasteiger partial charge in [-0.1, -0.05) is 12.1 Å². The number of halogens is 1. The van der Waals surface area contributed by atoms with E-state index in [0.29, 0.717) is 0 Å². The van der Waals surface area contributed by atoms with E-state index >= 15 is 0 Å². The monoisotopic (exact) mass is 221 g/mol. The lowest BCUT2D eigenvalue weighted by Gasteiger charge is -2.05. The number of hydrogen-bond acceptors (Lipinski definition) is 3. The molecule has 0 N–H and O–H groups in total. The molecule has 1 aromatic carbocycles. The molecule has 1 unspecified atom stereocenters. The Morgan fingerprint density at radius 3 is 2.69 bits per heavy atom. The Kier molecular flexibility index (Phi) is 4.46. The molecule has 0 amide bonds. The topological polar surface area (TPSA) is 50.1 Å². The number of carbonyl (C=O) groups excluding carboxylic acids is 1. The summed E-state index contributed by atoms with van der Waals surface area (Å²) in [5.74, 6) is -1.09. The first-order chi connectivity index (χ1) is 7.61.